The number of benzene rings is 1. The highest BCUT2D eigenvalue weighted by molar-refractivity contribution is 7.71. The number of aromatic nitrogens is 2. The molecule has 0 saturated heterocycles. The first-order chi connectivity index (χ1) is 14.0. The van der Waals surface area contributed by atoms with E-state index in [1.807, 2.05) is 0 Å². The minimum Gasteiger partial charge on any atom is -0.481 e. The van der Waals surface area contributed by atoms with Crippen molar-refractivity contribution in [3.8, 4) is 6.07 Å². The third kappa shape index (κ3) is 5.92. The van der Waals surface area contributed by atoms with Gasteiger partial charge in [0.1, 0.15) is 23.5 Å². The Kier molecular flexibility index (Phi) is 6.96. The lowest BCUT2D eigenvalue weighted by Gasteiger charge is -2.20. The van der Waals surface area contributed by atoms with Gasteiger partial charge in [-0.15, -0.1) is 0 Å². The molecule has 1 amide bonds. The largest absolute Gasteiger partial charge is 0.481 e. The summed E-state index contributed by atoms with van der Waals surface area (Å²) in [5.41, 5.74) is 4.32. The third-order valence-corrected chi connectivity index (χ3v) is 4.09. The maximum absolute atomic E-state index is 12.9. The molecule has 1 atom stereocenters. The number of rotatable bonds is 7. The van der Waals surface area contributed by atoms with Crippen molar-refractivity contribution in [2.75, 3.05) is 16.4 Å². The van der Waals surface area contributed by atoms with Gasteiger partial charge in [-0.25, -0.2) is 4.98 Å². The average Bonchev–Trinajstić information content (AvgIpc) is 2.64. The molecule has 30 heavy (non-hydrogen) atoms. The Labute approximate surface area is 172 Å². The summed E-state index contributed by atoms with van der Waals surface area (Å²) in [6, 6.07) is 4.50. The number of aromatic amines is 1. The van der Waals surface area contributed by atoms with Crippen LogP contribution in [0.15, 0.2) is 24.3 Å². The third-order valence-electron chi connectivity index (χ3n) is 3.79. The van der Waals surface area contributed by atoms with Crippen LogP contribution in [0.3, 0.4) is 0 Å². The van der Waals surface area contributed by atoms with Crippen molar-refractivity contribution < 1.29 is 27.9 Å². The van der Waals surface area contributed by atoms with E-state index in [4.69, 9.17) is 23.1 Å². The Bertz CT molecular complexity index is 1060. The quantitative estimate of drug-likeness (QED) is 0.411. The van der Waals surface area contributed by atoms with Gasteiger partial charge in [-0.05, 0) is 24.6 Å². The van der Waals surface area contributed by atoms with Crippen molar-refractivity contribution >= 4 is 41.5 Å². The Hall–Kier alpha value is -3.66. The molecule has 2 rings (SSSR count). The maximum atomic E-state index is 12.9. The molecule has 1 aromatic heterocycles. The molecular formula is C17H15F3N6O3S. The van der Waals surface area contributed by atoms with E-state index in [0.29, 0.717) is 0 Å². The summed E-state index contributed by atoms with van der Waals surface area (Å²) in [6.07, 6.45) is -5.28. The number of hydrogen-bond acceptors (Lipinski definition) is 7. The van der Waals surface area contributed by atoms with Crippen LogP contribution in [0.5, 0.6) is 0 Å². The zero-order chi connectivity index (χ0) is 22.5. The first-order valence-electron chi connectivity index (χ1n) is 8.27. The van der Waals surface area contributed by atoms with Crippen molar-refractivity contribution in [2.45, 2.75) is 25.1 Å². The van der Waals surface area contributed by atoms with Crippen LogP contribution >= 0.6 is 12.2 Å². The zero-order valence-corrected chi connectivity index (χ0v) is 15.9. The average molecular weight is 440 g/mol. The summed E-state index contributed by atoms with van der Waals surface area (Å²) in [4.78, 5) is 29.8. The van der Waals surface area contributed by atoms with Gasteiger partial charge < -0.3 is 26.5 Å². The topological polar surface area (TPSA) is 157 Å². The highest BCUT2D eigenvalue weighted by Crippen LogP contribution is 2.30. The van der Waals surface area contributed by atoms with Crippen molar-refractivity contribution in [1.29, 1.82) is 5.26 Å². The fourth-order valence-electron chi connectivity index (χ4n) is 2.42. The van der Waals surface area contributed by atoms with Crippen molar-refractivity contribution in [3.05, 3.63) is 40.0 Å². The lowest BCUT2D eigenvalue weighted by atomic mass is 10.1. The summed E-state index contributed by atoms with van der Waals surface area (Å²) in [6.45, 7) is 0. The number of nitrogens with one attached hydrogen (secondary N) is 3. The molecule has 0 radical (unpaired) electrons. The SMILES string of the molecule is N#Cc1c(N[C@@H](CCC(=O)O)C(=O)Nc2cccc(C(F)(F)F)c2)[nH]c(N)nc1=S. The predicted octanol–water partition coefficient (Wildman–Crippen LogP) is 2.90. The molecule has 0 bridgehead atoms. The molecule has 2 aromatic rings. The summed E-state index contributed by atoms with van der Waals surface area (Å²) in [7, 11) is 0. The Morgan fingerprint density at radius 2 is 2.10 bits per heavy atom. The fourth-order valence-corrected chi connectivity index (χ4v) is 2.66. The number of halogens is 3. The molecule has 0 saturated carbocycles. The van der Waals surface area contributed by atoms with Crippen LogP contribution in [0.25, 0.3) is 0 Å². The molecule has 158 valence electrons. The molecule has 1 aromatic carbocycles. The lowest BCUT2D eigenvalue weighted by Crippen LogP contribution is -2.36. The first kappa shape index (κ1) is 22.6. The monoisotopic (exact) mass is 440 g/mol. The number of carboxylic acid groups (broad SMARTS) is 1. The van der Waals surface area contributed by atoms with E-state index in [1.165, 1.54) is 6.07 Å². The summed E-state index contributed by atoms with van der Waals surface area (Å²) >= 11 is 4.93. The number of nitriles is 1. The molecule has 0 spiro atoms. The number of hydrogen-bond donors (Lipinski definition) is 5. The Morgan fingerprint density at radius 1 is 1.40 bits per heavy atom. The number of nitrogens with zero attached hydrogens (tertiary/aromatic N) is 2. The second kappa shape index (κ2) is 9.23. The van der Waals surface area contributed by atoms with Crippen LogP contribution in [0, 0.1) is 16.0 Å². The van der Waals surface area contributed by atoms with Gasteiger partial charge in [-0.3, -0.25) is 9.59 Å². The minimum atomic E-state index is -4.60. The normalized spacial score (nSPS) is 11.9. The van der Waals surface area contributed by atoms with Crippen molar-refractivity contribution in [1.82, 2.24) is 9.97 Å². The number of carboxylic acids is 1. The molecule has 9 nitrogen and oxygen atoms in total. The molecular weight excluding hydrogens is 425 g/mol. The van der Waals surface area contributed by atoms with Gasteiger partial charge in [0, 0.05) is 12.1 Å². The second-order valence-corrected chi connectivity index (χ2v) is 6.37. The number of anilines is 3. The Morgan fingerprint density at radius 3 is 2.70 bits per heavy atom. The highest BCUT2D eigenvalue weighted by Gasteiger charge is 2.31. The molecule has 0 aliphatic carbocycles. The molecule has 13 heteroatoms. The van der Waals surface area contributed by atoms with Gasteiger partial charge in [0.15, 0.2) is 10.6 Å². The van der Waals surface area contributed by atoms with E-state index >= 15 is 0 Å². The van der Waals surface area contributed by atoms with Gasteiger partial charge >= 0.3 is 12.1 Å². The van der Waals surface area contributed by atoms with Gasteiger partial charge in [0.05, 0.1) is 5.56 Å². The van der Waals surface area contributed by atoms with Crippen LogP contribution in [0.2, 0.25) is 0 Å². The molecule has 1 heterocycles. The fraction of sp³-hybridized carbons (Fsp3) is 0.235. The highest BCUT2D eigenvalue weighted by atomic mass is 32.1. The molecule has 0 aliphatic heterocycles. The van der Waals surface area contributed by atoms with Gasteiger partial charge in [0.25, 0.3) is 0 Å². The van der Waals surface area contributed by atoms with E-state index in [9.17, 15) is 28.0 Å². The lowest BCUT2D eigenvalue weighted by molar-refractivity contribution is -0.138. The van der Waals surface area contributed by atoms with E-state index in [1.54, 1.807) is 6.07 Å². The van der Waals surface area contributed by atoms with E-state index in [0.717, 1.165) is 18.2 Å². The molecule has 0 unspecified atom stereocenters. The zero-order valence-electron chi connectivity index (χ0n) is 15.1. The van der Waals surface area contributed by atoms with Gasteiger partial charge in [-0.2, -0.15) is 18.4 Å². The molecule has 6 N–H and O–H groups in total. The maximum Gasteiger partial charge on any atom is 0.416 e. The predicted molar refractivity (Wildman–Crippen MR) is 103 cm³/mol. The smallest absolute Gasteiger partial charge is 0.416 e. The molecule has 0 fully saturated rings. The van der Waals surface area contributed by atoms with Crippen LogP contribution in [-0.4, -0.2) is 33.0 Å². The van der Waals surface area contributed by atoms with Crippen LogP contribution in [0.1, 0.15) is 24.0 Å². The van der Waals surface area contributed by atoms with Crippen LogP contribution in [0.4, 0.5) is 30.6 Å². The first-order valence-corrected chi connectivity index (χ1v) is 8.68. The van der Waals surface area contributed by atoms with Crippen LogP contribution in [-0.2, 0) is 15.8 Å². The summed E-state index contributed by atoms with van der Waals surface area (Å²) in [5.74, 6) is -2.24. The number of aliphatic carboxylic acids is 1. The van der Waals surface area contributed by atoms with Crippen LogP contribution < -0.4 is 16.4 Å². The van der Waals surface area contributed by atoms with E-state index in [-0.39, 0.29) is 34.1 Å². The number of alkyl halides is 3. The number of carbonyl (C=O) groups excluding carboxylic acids is 1. The Balaban J connectivity index is 2.31. The van der Waals surface area contributed by atoms with Crippen molar-refractivity contribution in [3.63, 3.8) is 0 Å². The number of H-pyrrole nitrogens is 1. The number of carbonyl (C=O) groups is 2. The minimum absolute atomic E-state index is 0.0652. The van der Waals surface area contributed by atoms with E-state index < -0.39 is 36.1 Å². The standard InChI is InChI=1S/C17H15F3N6O3S/c18-17(19,20)8-2-1-3-9(6-8)23-14(29)11(4-5-12(27)28)24-13-10(7-21)15(30)26-16(22)25-13/h1-3,6,11H,4-5H2,(H,23,29)(H,27,28)(H4,22,24,25,26,30)/t11-/m0/s1. The number of amides is 1. The van der Waals surface area contributed by atoms with Gasteiger partial charge in [0.2, 0.25) is 5.91 Å². The number of nitrogen functional groups attached to an aromatic ring is 1. The van der Waals surface area contributed by atoms with Crippen molar-refractivity contribution in [2.24, 2.45) is 0 Å². The van der Waals surface area contributed by atoms with E-state index in [2.05, 4.69) is 20.6 Å². The second-order valence-electron chi connectivity index (χ2n) is 5.99. The summed E-state index contributed by atoms with van der Waals surface area (Å²) in [5, 5.41) is 23.1. The molecule has 0 aliphatic rings. The number of nitrogens with two attached hydrogens (primary N) is 1. The van der Waals surface area contributed by atoms with Gasteiger partial charge in [-0.1, -0.05) is 18.3 Å². The summed E-state index contributed by atoms with van der Waals surface area (Å²) < 4.78 is 38.5.